The topological polar surface area (TPSA) is 46.2 Å². The molecule has 2 aromatic carbocycles. The summed E-state index contributed by atoms with van der Waals surface area (Å²) < 4.78 is 39.5. The molecule has 0 spiro atoms. The summed E-state index contributed by atoms with van der Waals surface area (Å²) in [5.41, 5.74) is 2.78. The standard InChI is InChI=1S/C17H20FNO2S/c1-14-5-2-3-7-16(14)13-22(20,21)19-12-4-6-15-8-10-17(18)11-9-15/h2-3,5,7-11,19H,4,6,12-13H2,1H3. The minimum atomic E-state index is -3.33. The van der Waals surface area contributed by atoms with Gasteiger partial charge in [-0.05, 0) is 48.6 Å². The van der Waals surface area contributed by atoms with Crippen molar-refractivity contribution in [2.75, 3.05) is 6.54 Å². The third kappa shape index (κ3) is 5.24. The maximum atomic E-state index is 12.8. The third-order valence-electron chi connectivity index (χ3n) is 3.48. The van der Waals surface area contributed by atoms with E-state index in [-0.39, 0.29) is 11.6 Å². The normalized spacial score (nSPS) is 11.5. The molecule has 1 N–H and O–H groups in total. The highest BCUT2D eigenvalue weighted by Crippen LogP contribution is 2.11. The number of hydrogen-bond donors (Lipinski definition) is 1. The molecule has 22 heavy (non-hydrogen) atoms. The van der Waals surface area contributed by atoms with E-state index in [0.717, 1.165) is 16.7 Å². The van der Waals surface area contributed by atoms with E-state index in [4.69, 9.17) is 0 Å². The van der Waals surface area contributed by atoms with E-state index in [1.807, 2.05) is 31.2 Å². The van der Waals surface area contributed by atoms with Gasteiger partial charge < -0.3 is 0 Å². The van der Waals surface area contributed by atoms with Crippen LogP contribution in [-0.4, -0.2) is 15.0 Å². The van der Waals surface area contributed by atoms with Gasteiger partial charge in [0.25, 0.3) is 0 Å². The number of hydrogen-bond acceptors (Lipinski definition) is 2. The lowest BCUT2D eigenvalue weighted by Crippen LogP contribution is -2.26. The van der Waals surface area contributed by atoms with E-state index in [1.54, 1.807) is 12.1 Å². The van der Waals surface area contributed by atoms with Crippen LogP contribution in [0.3, 0.4) is 0 Å². The van der Waals surface area contributed by atoms with Gasteiger partial charge in [-0.2, -0.15) is 0 Å². The zero-order valence-corrected chi connectivity index (χ0v) is 13.4. The van der Waals surface area contributed by atoms with Gasteiger partial charge in [0.15, 0.2) is 0 Å². The molecule has 2 rings (SSSR count). The Bertz CT molecular complexity index is 712. The van der Waals surface area contributed by atoms with Gasteiger partial charge in [-0.3, -0.25) is 0 Å². The molecule has 0 saturated heterocycles. The lowest BCUT2D eigenvalue weighted by atomic mass is 10.1. The number of nitrogens with one attached hydrogen (secondary N) is 1. The van der Waals surface area contributed by atoms with Gasteiger partial charge in [-0.1, -0.05) is 36.4 Å². The SMILES string of the molecule is Cc1ccccc1CS(=O)(=O)NCCCc1ccc(F)cc1. The van der Waals surface area contributed by atoms with Crippen molar-refractivity contribution >= 4 is 10.0 Å². The molecule has 0 fully saturated rings. The van der Waals surface area contributed by atoms with Crippen molar-refractivity contribution in [2.24, 2.45) is 0 Å². The second-order valence-electron chi connectivity index (χ2n) is 5.31. The maximum Gasteiger partial charge on any atom is 0.215 e. The Morgan fingerprint density at radius 3 is 2.41 bits per heavy atom. The fraction of sp³-hybridized carbons (Fsp3) is 0.294. The van der Waals surface area contributed by atoms with Crippen LogP contribution in [0.5, 0.6) is 0 Å². The lowest BCUT2D eigenvalue weighted by Gasteiger charge is -2.09. The van der Waals surface area contributed by atoms with Gasteiger partial charge in [-0.15, -0.1) is 0 Å². The number of benzene rings is 2. The predicted octanol–water partition coefficient (Wildman–Crippen LogP) is 3.19. The fourth-order valence-electron chi connectivity index (χ4n) is 2.20. The first kappa shape index (κ1) is 16.6. The smallest absolute Gasteiger partial charge is 0.215 e. The van der Waals surface area contributed by atoms with Crippen LogP contribution in [-0.2, 0) is 22.2 Å². The highest BCUT2D eigenvalue weighted by Gasteiger charge is 2.12. The first-order chi connectivity index (χ1) is 10.5. The molecule has 118 valence electrons. The molecule has 2 aromatic rings. The second-order valence-corrected chi connectivity index (χ2v) is 7.12. The number of rotatable bonds is 7. The fourth-order valence-corrected chi connectivity index (χ4v) is 3.49. The molecule has 0 saturated carbocycles. The van der Waals surface area contributed by atoms with Gasteiger partial charge in [-0.25, -0.2) is 17.5 Å². The predicted molar refractivity (Wildman–Crippen MR) is 86.5 cm³/mol. The summed E-state index contributed by atoms with van der Waals surface area (Å²) in [6.07, 6.45) is 1.39. The van der Waals surface area contributed by atoms with Crippen LogP contribution in [0.2, 0.25) is 0 Å². The summed E-state index contributed by atoms with van der Waals surface area (Å²) in [7, 11) is -3.33. The van der Waals surface area contributed by atoms with Gasteiger partial charge >= 0.3 is 0 Å². The van der Waals surface area contributed by atoms with Crippen LogP contribution in [0.1, 0.15) is 23.1 Å². The molecular weight excluding hydrogens is 301 g/mol. The van der Waals surface area contributed by atoms with Gasteiger partial charge in [0, 0.05) is 6.54 Å². The first-order valence-electron chi connectivity index (χ1n) is 7.22. The van der Waals surface area contributed by atoms with E-state index >= 15 is 0 Å². The Balaban J connectivity index is 1.80. The van der Waals surface area contributed by atoms with Crippen molar-refractivity contribution in [3.63, 3.8) is 0 Å². The Kier molecular flexibility index (Phi) is 5.69. The molecule has 3 nitrogen and oxygen atoms in total. The monoisotopic (exact) mass is 321 g/mol. The van der Waals surface area contributed by atoms with Crippen LogP contribution in [0.15, 0.2) is 48.5 Å². The van der Waals surface area contributed by atoms with Crippen LogP contribution in [0.25, 0.3) is 0 Å². The summed E-state index contributed by atoms with van der Waals surface area (Å²) in [5, 5.41) is 0. The third-order valence-corrected chi connectivity index (χ3v) is 4.82. The van der Waals surface area contributed by atoms with Crippen molar-refractivity contribution in [2.45, 2.75) is 25.5 Å². The van der Waals surface area contributed by atoms with E-state index in [0.29, 0.717) is 19.4 Å². The van der Waals surface area contributed by atoms with Gasteiger partial charge in [0.2, 0.25) is 10.0 Å². The Morgan fingerprint density at radius 2 is 1.73 bits per heavy atom. The van der Waals surface area contributed by atoms with Crippen molar-refractivity contribution in [1.29, 1.82) is 0 Å². The number of sulfonamides is 1. The molecule has 0 heterocycles. The van der Waals surface area contributed by atoms with E-state index in [9.17, 15) is 12.8 Å². The number of halogens is 1. The average Bonchev–Trinajstić information content (AvgIpc) is 2.48. The molecule has 0 amide bonds. The Labute approximate surface area is 131 Å². The quantitative estimate of drug-likeness (QED) is 0.796. The van der Waals surface area contributed by atoms with Gasteiger partial charge in [0.1, 0.15) is 5.82 Å². The molecule has 0 aliphatic rings. The highest BCUT2D eigenvalue weighted by atomic mass is 32.2. The number of aryl methyl sites for hydroxylation is 2. The summed E-state index contributed by atoms with van der Waals surface area (Å²) in [6.45, 7) is 2.28. The molecule has 0 unspecified atom stereocenters. The summed E-state index contributed by atoms with van der Waals surface area (Å²) in [5.74, 6) is -0.265. The molecule has 5 heteroatoms. The Morgan fingerprint density at radius 1 is 1.05 bits per heavy atom. The molecule has 0 aliphatic heterocycles. The minimum Gasteiger partial charge on any atom is -0.215 e. The van der Waals surface area contributed by atoms with Crippen LogP contribution >= 0.6 is 0 Å². The molecule has 0 bridgehead atoms. The summed E-state index contributed by atoms with van der Waals surface area (Å²) in [6, 6.07) is 13.7. The molecule has 0 atom stereocenters. The molecular formula is C17H20FNO2S. The van der Waals surface area contributed by atoms with Crippen molar-refractivity contribution < 1.29 is 12.8 Å². The lowest BCUT2D eigenvalue weighted by molar-refractivity contribution is 0.578. The van der Waals surface area contributed by atoms with E-state index in [2.05, 4.69) is 4.72 Å². The summed E-state index contributed by atoms with van der Waals surface area (Å²) in [4.78, 5) is 0. The first-order valence-corrected chi connectivity index (χ1v) is 8.88. The van der Waals surface area contributed by atoms with Crippen LogP contribution in [0.4, 0.5) is 4.39 Å². The van der Waals surface area contributed by atoms with Crippen LogP contribution < -0.4 is 4.72 Å². The average molecular weight is 321 g/mol. The Hall–Kier alpha value is -1.72. The molecule has 0 aliphatic carbocycles. The molecule has 0 radical (unpaired) electrons. The largest absolute Gasteiger partial charge is 0.215 e. The minimum absolute atomic E-state index is 0.00375. The van der Waals surface area contributed by atoms with Crippen LogP contribution in [0, 0.1) is 12.7 Å². The second kappa shape index (κ2) is 7.51. The van der Waals surface area contributed by atoms with Crippen molar-refractivity contribution in [3.8, 4) is 0 Å². The highest BCUT2D eigenvalue weighted by molar-refractivity contribution is 7.88. The van der Waals surface area contributed by atoms with Crippen molar-refractivity contribution in [3.05, 3.63) is 71.0 Å². The zero-order valence-electron chi connectivity index (χ0n) is 12.5. The zero-order chi connectivity index (χ0) is 16.0. The van der Waals surface area contributed by atoms with E-state index < -0.39 is 10.0 Å². The summed E-state index contributed by atoms with van der Waals surface area (Å²) >= 11 is 0. The van der Waals surface area contributed by atoms with Crippen molar-refractivity contribution in [1.82, 2.24) is 4.72 Å². The van der Waals surface area contributed by atoms with Gasteiger partial charge in [0.05, 0.1) is 5.75 Å². The maximum absolute atomic E-state index is 12.8. The molecule has 0 aromatic heterocycles. The van der Waals surface area contributed by atoms with E-state index in [1.165, 1.54) is 12.1 Å².